The summed E-state index contributed by atoms with van der Waals surface area (Å²) in [5, 5.41) is 8.98. The third-order valence-corrected chi connectivity index (χ3v) is 5.84. The molecular weight excluding hydrogens is 499 g/mol. The van der Waals surface area contributed by atoms with Crippen molar-refractivity contribution in [2.75, 3.05) is 40.4 Å². The van der Waals surface area contributed by atoms with E-state index in [0.717, 1.165) is 55.7 Å². The number of benzene rings is 1. The average molecular weight is 530 g/mol. The second-order valence-corrected chi connectivity index (χ2v) is 7.71. The summed E-state index contributed by atoms with van der Waals surface area (Å²) in [6.07, 6.45) is 1.17. The lowest BCUT2D eigenvalue weighted by Gasteiger charge is -2.27. The third kappa shape index (κ3) is 6.75. The summed E-state index contributed by atoms with van der Waals surface area (Å²) in [6, 6.07) is 8.16. The van der Waals surface area contributed by atoms with Crippen LogP contribution in [-0.2, 0) is 19.5 Å². The van der Waals surface area contributed by atoms with Crippen molar-refractivity contribution in [3.8, 4) is 11.5 Å². The molecule has 6 nitrogen and oxygen atoms in total. The van der Waals surface area contributed by atoms with Gasteiger partial charge in [0.15, 0.2) is 17.5 Å². The highest BCUT2D eigenvalue weighted by molar-refractivity contribution is 14.0. The minimum Gasteiger partial charge on any atom is -0.493 e. The number of halogens is 1. The Hall–Kier alpha value is -1.52. The number of hydrogen-bond donors (Lipinski definition) is 2. The summed E-state index contributed by atoms with van der Waals surface area (Å²) in [5.74, 6) is 2.30. The predicted octanol–water partition coefficient (Wildman–Crippen LogP) is 3.50. The molecule has 0 unspecified atom stereocenters. The standard InChI is InChI=1S/C21H30N4O2S.HI/c1-4-22-21(24-14-16-5-6-18(26-2)19(13-16)27-3)23-9-11-25-10-7-20-17(15-25)8-12-28-20;/h5-6,8,12-13H,4,7,9-11,14-15H2,1-3H3,(H2,22,23,24);1H. The van der Waals surface area contributed by atoms with Crippen LogP contribution in [0.3, 0.4) is 0 Å². The van der Waals surface area contributed by atoms with Gasteiger partial charge in [-0.05, 0) is 48.1 Å². The number of aliphatic imine (C=N–C) groups is 1. The monoisotopic (exact) mass is 530 g/mol. The number of methoxy groups -OCH3 is 2. The van der Waals surface area contributed by atoms with Gasteiger partial charge in [-0.1, -0.05) is 6.07 Å². The SMILES string of the molecule is CCNC(=NCc1ccc(OC)c(OC)c1)NCCN1CCc2sccc2C1.I. The van der Waals surface area contributed by atoms with Gasteiger partial charge in [-0.15, -0.1) is 35.3 Å². The lowest BCUT2D eigenvalue weighted by molar-refractivity contribution is 0.260. The minimum absolute atomic E-state index is 0. The number of fused-ring (bicyclic) bond motifs is 1. The molecule has 1 aromatic carbocycles. The van der Waals surface area contributed by atoms with Gasteiger partial charge >= 0.3 is 0 Å². The topological polar surface area (TPSA) is 58.1 Å². The molecule has 1 aliphatic heterocycles. The molecule has 29 heavy (non-hydrogen) atoms. The van der Waals surface area contributed by atoms with Gasteiger partial charge in [0.05, 0.1) is 20.8 Å². The van der Waals surface area contributed by atoms with E-state index in [1.807, 2.05) is 29.5 Å². The molecule has 1 aliphatic rings. The van der Waals surface area contributed by atoms with Crippen LogP contribution in [-0.4, -0.2) is 51.3 Å². The maximum Gasteiger partial charge on any atom is 0.191 e. The third-order valence-electron chi connectivity index (χ3n) is 4.82. The molecule has 0 radical (unpaired) electrons. The predicted molar refractivity (Wildman–Crippen MR) is 131 cm³/mol. The zero-order valence-electron chi connectivity index (χ0n) is 17.4. The van der Waals surface area contributed by atoms with E-state index >= 15 is 0 Å². The molecule has 0 atom stereocenters. The summed E-state index contributed by atoms with van der Waals surface area (Å²) < 4.78 is 10.7. The zero-order chi connectivity index (χ0) is 19.8. The van der Waals surface area contributed by atoms with Gasteiger partial charge in [0.25, 0.3) is 0 Å². The molecule has 0 fully saturated rings. The quantitative estimate of drug-likeness (QED) is 0.311. The van der Waals surface area contributed by atoms with Crippen LogP contribution in [0.2, 0.25) is 0 Å². The van der Waals surface area contributed by atoms with Crippen LogP contribution in [0.1, 0.15) is 22.9 Å². The first-order chi connectivity index (χ1) is 13.7. The summed E-state index contributed by atoms with van der Waals surface area (Å²) in [7, 11) is 3.29. The Morgan fingerprint density at radius 2 is 2.00 bits per heavy atom. The van der Waals surface area contributed by atoms with Gasteiger partial charge in [-0.3, -0.25) is 4.90 Å². The highest BCUT2D eigenvalue weighted by Crippen LogP contribution is 2.27. The van der Waals surface area contributed by atoms with Crippen molar-refractivity contribution >= 4 is 41.3 Å². The molecule has 160 valence electrons. The summed E-state index contributed by atoms with van der Waals surface area (Å²) in [6.45, 7) is 7.56. The van der Waals surface area contributed by atoms with E-state index < -0.39 is 0 Å². The van der Waals surface area contributed by atoms with Crippen LogP contribution >= 0.6 is 35.3 Å². The smallest absolute Gasteiger partial charge is 0.191 e. The Morgan fingerprint density at radius 1 is 1.17 bits per heavy atom. The van der Waals surface area contributed by atoms with Crippen LogP contribution in [0.15, 0.2) is 34.6 Å². The number of nitrogens with one attached hydrogen (secondary N) is 2. The van der Waals surface area contributed by atoms with Crippen molar-refractivity contribution in [1.29, 1.82) is 0 Å². The molecule has 0 aliphatic carbocycles. The van der Waals surface area contributed by atoms with E-state index in [4.69, 9.17) is 14.5 Å². The maximum absolute atomic E-state index is 5.37. The fourth-order valence-corrected chi connectivity index (χ4v) is 4.21. The maximum atomic E-state index is 5.37. The van der Waals surface area contributed by atoms with E-state index in [-0.39, 0.29) is 24.0 Å². The number of thiophene rings is 1. The Kier molecular flexibility index (Phi) is 10.0. The van der Waals surface area contributed by atoms with Gasteiger partial charge in [-0.2, -0.15) is 0 Å². The number of hydrogen-bond acceptors (Lipinski definition) is 5. The summed E-state index contributed by atoms with van der Waals surface area (Å²) in [4.78, 5) is 8.76. The van der Waals surface area contributed by atoms with Gasteiger partial charge in [0, 0.05) is 37.6 Å². The van der Waals surface area contributed by atoms with Gasteiger partial charge in [-0.25, -0.2) is 4.99 Å². The van der Waals surface area contributed by atoms with Gasteiger partial charge < -0.3 is 20.1 Å². The second-order valence-electron chi connectivity index (χ2n) is 6.71. The zero-order valence-corrected chi connectivity index (χ0v) is 20.5. The Labute approximate surface area is 194 Å². The van der Waals surface area contributed by atoms with Crippen LogP contribution in [0, 0.1) is 0 Å². The van der Waals surface area contributed by atoms with Crippen LogP contribution < -0.4 is 20.1 Å². The van der Waals surface area contributed by atoms with E-state index in [9.17, 15) is 0 Å². The molecule has 0 spiro atoms. The molecule has 0 saturated heterocycles. The number of nitrogens with zero attached hydrogens (tertiary/aromatic N) is 2. The van der Waals surface area contributed by atoms with E-state index in [1.54, 1.807) is 19.1 Å². The van der Waals surface area contributed by atoms with Crippen LogP contribution in [0.25, 0.3) is 0 Å². The van der Waals surface area contributed by atoms with Gasteiger partial charge in [0.1, 0.15) is 0 Å². The van der Waals surface area contributed by atoms with Crippen molar-refractivity contribution in [3.63, 3.8) is 0 Å². The lowest BCUT2D eigenvalue weighted by atomic mass is 10.1. The number of ether oxygens (including phenoxy) is 2. The lowest BCUT2D eigenvalue weighted by Crippen LogP contribution is -2.42. The van der Waals surface area contributed by atoms with Crippen molar-refractivity contribution in [2.45, 2.75) is 26.4 Å². The first-order valence-electron chi connectivity index (χ1n) is 9.74. The molecule has 3 rings (SSSR count). The van der Waals surface area contributed by atoms with Crippen molar-refractivity contribution in [1.82, 2.24) is 15.5 Å². The summed E-state index contributed by atoms with van der Waals surface area (Å²) >= 11 is 1.88. The second kappa shape index (κ2) is 12.2. The Morgan fingerprint density at radius 3 is 2.76 bits per heavy atom. The number of guanidine groups is 1. The largest absolute Gasteiger partial charge is 0.493 e. The molecule has 1 aromatic heterocycles. The van der Waals surface area contributed by atoms with Crippen molar-refractivity contribution in [3.05, 3.63) is 45.6 Å². The molecule has 8 heteroatoms. The molecule has 2 heterocycles. The van der Waals surface area contributed by atoms with E-state index in [2.05, 4.69) is 33.9 Å². The normalized spacial score (nSPS) is 14.0. The van der Waals surface area contributed by atoms with E-state index in [1.165, 1.54) is 12.0 Å². The number of rotatable bonds is 8. The Balaban J connectivity index is 0.00000300. The van der Waals surface area contributed by atoms with Gasteiger partial charge in [0.2, 0.25) is 0 Å². The highest BCUT2D eigenvalue weighted by Gasteiger charge is 2.16. The average Bonchev–Trinajstić information content (AvgIpc) is 3.19. The molecular formula is C21H31IN4O2S. The molecule has 2 aromatic rings. The van der Waals surface area contributed by atoms with E-state index in [0.29, 0.717) is 6.54 Å². The Bertz CT molecular complexity index is 797. The van der Waals surface area contributed by atoms with Crippen LogP contribution in [0.4, 0.5) is 0 Å². The minimum atomic E-state index is 0. The highest BCUT2D eigenvalue weighted by atomic mass is 127. The molecule has 0 amide bonds. The molecule has 0 bridgehead atoms. The fourth-order valence-electron chi connectivity index (χ4n) is 3.32. The van der Waals surface area contributed by atoms with Crippen LogP contribution in [0.5, 0.6) is 11.5 Å². The van der Waals surface area contributed by atoms with Crippen molar-refractivity contribution in [2.24, 2.45) is 4.99 Å². The molecule has 2 N–H and O–H groups in total. The fraction of sp³-hybridized carbons (Fsp3) is 0.476. The first kappa shape index (κ1) is 23.8. The molecule has 0 saturated carbocycles. The first-order valence-corrected chi connectivity index (χ1v) is 10.6. The summed E-state index contributed by atoms with van der Waals surface area (Å²) in [5.41, 5.74) is 2.57. The van der Waals surface area contributed by atoms with Crippen molar-refractivity contribution < 1.29 is 9.47 Å².